The van der Waals surface area contributed by atoms with Gasteiger partial charge in [0.15, 0.2) is 0 Å². The molecule has 0 aliphatic heterocycles. The molecule has 1 heteroatoms. The molecule has 1 N–H and O–H groups in total. The van der Waals surface area contributed by atoms with Crippen LogP contribution in [0.3, 0.4) is 0 Å². The Hall–Kier alpha value is -0.980. The molecule has 2 rings (SSSR count). The van der Waals surface area contributed by atoms with Crippen LogP contribution in [0.15, 0.2) is 6.08 Å². The molecule has 1 aromatic heterocycles. The van der Waals surface area contributed by atoms with Gasteiger partial charge in [-0.05, 0) is 24.5 Å². The van der Waals surface area contributed by atoms with E-state index < -0.39 is 0 Å². The van der Waals surface area contributed by atoms with Crippen molar-refractivity contribution in [3.05, 3.63) is 29.6 Å². The molecule has 0 atom stereocenters. The molecule has 0 amide bonds. The van der Waals surface area contributed by atoms with Crippen LogP contribution in [-0.2, 0) is 6.42 Å². The first-order valence-electron chi connectivity index (χ1n) is 3.13. The molecule has 1 aromatic rings. The maximum Gasteiger partial charge on any atom is 0.0714 e. The lowest BCUT2D eigenvalue weighted by molar-refractivity contribution is 0.984. The maximum absolute atomic E-state index is 3.03. The standard InChI is InChI=1S/C8H7N/c1-2-4-8-7(3-1)5-6-9-8/h2,4,9H,1,3H2. The number of nitrogens with one attached hydrogen (secondary N) is 1. The summed E-state index contributed by atoms with van der Waals surface area (Å²) in [5, 5.41) is 0. The van der Waals surface area contributed by atoms with E-state index >= 15 is 0 Å². The average molecular weight is 117 g/mol. The van der Waals surface area contributed by atoms with Crippen molar-refractivity contribution in [3.63, 3.8) is 0 Å². The molecule has 0 saturated carbocycles. The highest BCUT2D eigenvalue weighted by atomic mass is 14.7. The van der Waals surface area contributed by atoms with Gasteiger partial charge in [-0.2, -0.15) is 0 Å². The van der Waals surface area contributed by atoms with Gasteiger partial charge in [-0.25, -0.2) is 0 Å². The Morgan fingerprint density at radius 1 is 1.56 bits per heavy atom. The second-order valence-corrected chi connectivity index (χ2v) is 2.21. The smallest absolute Gasteiger partial charge is 0.0714 e. The van der Waals surface area contributed by atoms with E-state index in [1.807, 2.05) is 0 Å². The van der Waals surface area contributed by atoms with Crippen LogP contribution >= 0.6 is 0 Å². The number of aryl methyl sites for hydroxylation is 1. The van der Waals surface area contributed by atoms with Gasteiger partial charge in [0.1, 0.15) is 0 Å². The normalized spacial score (nSPS) is 15.6. The zero-order valence-corrected chi connectivity index (χ0v) is 5.07. The van der Waals surface area contributed by atoms with E-state index in [0.29, 0.717) is 0 Å². The fourth-order valence-corrected chi connectivity index (χ4v) is 1.09. The molecule has 1 nitrogen and oxygen atoms in total. The second kappa shape index (κ2) is 1.76. The van der Waals surface area contributed by atoms with Gasteiger partial charge in [0, 0.05) is 11.8 Å². The van der Waals surface area contributed by atoms with Gasteiger partial charge in [0.05, 0.1) is 6.20 Å². The van der Waals surface area contributed by atoms with Crippen LogP contribution in [0.4, 0.5) is 0 Å². The monoisotopic (exact) mass is 117 g/mol. The minimum atomic E-state index is 1.12. The number of allylic oxidation sites excluding steroid dienone is 1. The predicted octanol–water partition coefficient (Wildman–Crippen LogP) is 1.57. The van der Waals surface area contributed by atoms with Crippen LogP contribution < -0.4 is 0 Å². The fourth-order valence-electron chi connectivity index (χ4n) is 1.09. The van der Waals surface area contributed by atoms with Gasteiger partial charge >= 0.3 is 0 Å². The van der Waals surface area contributed by atoms with Crippen molar-refractivity contribution in [2.75, 3.05) is 0 Å². The van der Waals surface area contributed by atoms with E-state index in [9.17, 15) is 0 Å². The van der Waals surface area contributed by atoms with E-state index in [2.05, 4.69) is 29.4 Å². The number of aromatic amines is 1. The summed E-state index contributed by atoms with van der Waals surface area (Å²) in [5.41, 5.74) is 2.46. The summed E-state index contributed by atoms with van der Waals surface area (Å²) < 4.78 is 0. The van der Waals surface area contributed by atoms with Crippen molar-refractivity contribution in [2.45, 2.75) is 12.8 Å². The van der Waals surface area contributed by atoms with E-state index in [1.165, 1.54) is 11.3 Å². The van der Waals surface area contributed by atoms with Crippen molar-refractivity contribution in [3.8, 4) is 0 Å². The second-order valence-electron chi connectivity index (χ2n) is 2.21. The molecule has 1 aliphatic rings. The first-order valence-corrected chi connectivity index (χ1v) is 3.13. The van der Waals surface area contributed by atoms with Crippen LogP contribution in [0, 0.1) is 12.3 Å². The van der Waals surface area contributed by atoms with Crippen LogP contribution in [-0.4, -0.2) is 4.98 Å². The van der Waals surface area contributed by atoms with Crippen molar-refractivity contribution >= 4 is 6.08 Å². The number of H-pyrrole nitrogens is 1. The number of hydrogen-bond acceptors (Lipinski definition) is 0. The summed E-state index contributed by atoms with van der Waals surface area (Å²) in [6, 6.07) is 3.03. The van der Waals surface area contributed by atoms with Gasteiger partial charge in [0.2, 0.25) is 0 Å². The molecule has 0 bridgehead atoms. The van der Waals surface area contributed by atoms with Crippen LogP contribution in [0.2, 0.25) is 0 Å². The van der Waals surface area contributed by atoms with Crippen molar-refractivity contribution in [2.24, 2.45) is 0 Å². The highest BCUT2D eigenvalue weighted by Gasteiger charge is 2.03. The summed E-state index contributed by atoms with van der Waals surface area (Å²) >= 11 is 0. The highest BCUT2D eigenvalue weighted by Crippen LogP contribution is 2.15. The molecule has 0 unspecified atom stereocenters. The third-order valence-electron chi connectivity index (χ3n) is 1.58. The first kappa shape index (κ1) is 4.86. The first-order chi connectivity index (χ1) is 4.47. The third-order valence-corrected chi connectivity index (χ3v) is 1.58. The lowest BCUT2D eigenvalue weighted by Gasteiger charge is -2.01. The molecular weight excluding hydrogens is 110 g/mol. The van der Waals surface area contributed by atoms with Gasteiger partial charge in [-0.3, -0.25) is 0 Å². The molecule has 0 aromatic carbocycles. The molecule has 0 saturated heterocycles. The summed E-state index contributed by atoms with van der Waals surface area (Å²) in [4.78, 5) is 2.99. The number of fused-ring (bicyclic) bond motifs is 1. The molecule has 2 radical (unpaired) electrons. The molecule has 0 spiro atoms. The number of rotatable bonds is 0. The molecule has 1 heterocycles. The number of hydrogen-bond donors (Lipinski definition) is 1. The Bertz CT molecular complexity index is 232. The molecule has 0 fully saturated rings. The minimum Gasteiger partial charge on any atom is -0.353 e. The lowest BCUT2D eigenvalue weighted by atomic mass is 10.1. The van der Waals surface area contributed by atoms with Crippen LogP contribution in [0.25, 0.3) is 6.08 Å². The van der Waals surface area contributed by atoms with Gasteiger partial charge < -0.3 is 4.98 Å². The molecular formula is C8H7N. The van der Waals surface area contributed by atoms with E-state index in [-0.39, 0.29) is 0 Å². The Balaban J connectivity index is 2.53. The zero-order chi connectivity index (χ0) is 6.10. The van der Waals surface area contributed by atoms with Crippen molar-refractivity contribution < 1.29 is 0 Å². The van der Waals surface area contributed by atoms with Gasteiger partial charge in [0.25, 0.3) is 0 Å². The lowest BCUT2D eigenvalue weighted by Crippen LogP contribution is -1.89. The SMILES string of the molecule is [c]1[c]c2c([nH]1)C=CCC2. The zero-order valence-electron chi connectivity index (χ0n) is 5.07. The Morgan fingerprint density at radius 2 is 2.56 bits per heavy atom. The largest absolute Gasteiger partial charge is 0.353 e. The maximum atomic E-state index is 3.03. The van der Waals surface area contributed by atoms with Gasteiger partial charge in [-0.15, -0.1) is 0 Å². The fraction of sp³-hybridized carbons (Fsp3) is 0.250. The Kier molecular flexibility index (Phi) is 0.950. The summed E-state index contributed by atoms with van der Waals surface area (Å²) in [5.74, 6) is 0. The predicted molar refractivity (Wildman–Crippen MR) is 35.8 cm³/mol. The summed E-state index contributed by atoms with van der Waals surface area (Å²) in [6.45, 7) is 0. The van der Waals surface area contributed by atoms with Crippen molar-refractivity contribution in [1.29, 1.82) is 0 Å². The molecule has 9 heavy (non-hydrogen) atoms. The molecule has 44 valence electrons. The third kappa shape index (κ3) is 0.689. The Morgan fingerprint density at radius 3 is 3.44 bits per heavy atom. The van der Waals surface area contributed by atoms with E-state index in [1.54, 1.807) is 0 Å². The topological polar surface area (TPSA) is 15.8 Å². The Labute approximate surface area is 54.4 Å². The van der Waals surface area contributed by atoms with Gasteiger partial charge in [-0.1, -0.05) is 6.08 Å². The minimum absolute atomic E-state index is 1.12. The summed E-state index contributed by atoms with van der Waals surface area (Å²) in [6.07, 6.45) is 9.36. The van der Waals surface area contributed by atoms with Crippen LogP contribution in [0.1, 0.15) is 17.7 Å². The number of aromatic nitrogens is 1. The van der Waals surface area contributed by atoms with E-state index in [4.69, 9.17) is 0 Å². The van der Waals surface area contributed by atoms with Crippen LogP contribution in [0.5, 0.6) is 0 Å². The van der Waals surface area contributed by atoms with E-state index in [0.717, 1.165) is 12.8 Å². The van der Waals surface area contributed by atoms with Crippen molar-refractivity contribution in [1.82, 2.24) is 4.98 Å². The molecule has 1 aliphatic carbocycles. The summed E-state index contributed by atoms with van der Waals surface area (Å²) in [7, 11) is 0. The quantitative estimate of drug-likeness (QED) is 0.531. The average Bonchev–Trinajstić information content (AvgIpc) is 2.33. The highest BCUT2D eigenvalue weighted by molar-refractivity contribution is 5.51.